The maximum absolute atomic E-state index is 8.81. The van der Waals surface area contributed by atoms with E-state index >= 15 is 0 Å². The monoisotopic (exact) mass is 103 g/mol. The minimum Gasteiger partial charge on any atom is -0.392 e. The second-order valence-corrected chi connectivity index (χ2v) is 1.83. The first-order chi connectivity index (χ1) is 3.18. The highest BCUT2D eigenvalue weighted by Gasteiger charge is 2.03. The highest BCUT2D eigenvalue weighted by atomic mass is 16.3. The summed E-state index contributed by atoms with van der Waals surface area (Å²) in [5, 5.41) is 8.81. The normalized spacial score (nSPS) is 18.9. The molecule has 0 amide bonds. The van der Waals surface area contributed by atoms with Crippen LogP contribution >= 0.6 is 0 Å². The molecule has 0 rings (SSSR count). The van der Waals surface area contributed by atoms with Gasteiger partial charge >= 0.3 is 0 Å². The van der Waals surface area contributed by atoms with Crippen molar-refractivity contribution in [2.24, 2.45) is 5.73 Å². The number of aliphatic hydroxyl groups is 1. The summed E-state index contributed by atoms with van der Waals surface area (Å²) in [5.41, 5.74) is 5.30. The van der Waals surface area contributed by atoms with Gasteiger partial charge in [-0.3, -0.25) is 0 Å². The van der Waals surface area contributed by atoms with Crippen LogP contribution in [0.1, 0.15) is 20.3 Å². The summed E-state index contributed by atoms with van der Waals surface area (Å²) < 4.78 is 0. The number of hydrogen-bond acceptors (Lipinski definition) is 2. The van der Waals surface area contributed by atoms with Crippen LogP contribution in [0.15, 0.2) is 0 Å². The van der Waals surface area contributed by atoms with Crippen LogP contribution in [0.25, 0.3) is 0 Å². The maximum Gasteiger partial charge on any atom is 0.0685 e. The Hall–Kier alpha value is -0.0800. The molecule has 0 unspecified atom stereocenters. The van der Waals surface area contributed by atoms with E-state index in [4.69, 9.17) is 10.8 Å². The summed E-state index contributed by atoms with van der Waals surface area (Å²) in [4.78, 5) is 0. The van der Waals surface area contributed by atoms with Gasteiger partial charge in [-0.2, -0.15) is 0 Å². The lowest BCUT2D eigenvalue weighted by Gasteiger charge is -2.09. The van der Waals surface area contributed by atoms with Crippen LogP contribution in [0.4, 0.5) is 0 Å². The second kappa shape index (κ2) is 2.99. The van der Waals surface area contributed by atoms with E-state index in [9.17, 15) is 0 Å². The zero-order valence-electron chi connectivity index (χ0n) is 4.89. The number of rotatable bonds is 2. The van der Waals surface area contributed by atoms with Crippen LogP contribution in [-0.2, 0) is 0 Å². The molecule has 7 heavy (non-hydrogen) atoms. The molecule has 3 N–H and O–H groups in total. The van der Waals surface area contributed by atoms with Crippen molar-refractivity contribution in [3.8, 4) is 0 Å². The Morgan fingerprint density at radius 2 is 2.14 bits per heavy atom. The Labute approximate surface area is 44.3 Å². The molecular weight excluding hydrogens is 90.1 g/mol. The van der Waals surface area contributed by atoms with Crippen LogP contribution in [0, 0.1) is 0 Å². The van der Waals surface area contributed by atoms with Gasteiger partial charge in [0.1, 0.15) is 0 Å². The molecule has 2 heteroatoms. The van der Waals surface area contributed by atoms with Crippen LogP contribution in [0.2, 0.25) is 0 Å². The molecule has 0 aromatic carbocycles. The zero-order chi connectivity index (χ0) is 5.86. The van der Waals surface area contributed by atoms with Crippen molar-refractivity contribution in [1.82, 2.24) is 0 Å². The Balaban J connectivity index is 3.14. The number of aliphatic hydroxyl groups excluding tert-OH is 1. The highest BCUT2D eigenvalue weighted by Crippen LogP contribution is 1.91. The van der Waals surface area contributed by atoms with Crippen LogP contribution in [0.3, 0.4) is 0 Å². The molecule has 0 spiro atoms. The molecule has 0 aliphatic rings. The molecule has 0 aromatic rings. The van der Waals surface area contributed by atoms with Gasteiger partial charge in [0.25, 0.3) is 0 Å². The molecule has 0 radical (unpaired) electrons. The van der Waals surface area contributed by atoms with Crippen molar-refractivity contribution < 1.29 is 5.11 Å². The van der Waals surface area contributed by atoms with E-state index in [1.165, 1.54) is 0 Å². The third-order valence-corrected chi connectivity index (χ3v) is 1.03. The first-order valence-electron chi connectivity index (χ1n) is 2.62. The van der Waals surface area contributed by atoms with Gasteiger partial charge in [-0.25, -0.2) is 0 Å². The first-order valence-corrected chi connectivity index (χ1v) is 2.62. The summed E-state index contributed by atoms with van der Waals surface area (Å²) in [7, 11) is 0. The van der Waals surface area contributed by atoms with E-state index in [0.717, 1.165) is 6.42 Å². The zero-order valence-corrected chi connectivity index (χ0v) is 4.89. The van der Waals surface area contributed by atoms with Crippen LogP contribution in [-0.4, -0.2) is 17.3 Å². The lowest BCUT2D eigenvalue weighted by molar-refractivity contribution is 0.147. The van der Waals surface area contributed by atoms with Crippen molar-refractivity contribution in [3.05, 3.63) is 0 Å². The SMILES string of the molecule is CC[C@@H](O)[C@@H](C)N. The van der Waals surface area contributed by atoms with E-state index < -0.39 is 0 Å². The molecule has 0 saturated carbocycles. The topological polar surface area (TPSA) is 46.2 Å². The third-order valence-electron chi connectivity index (χ3n) is 1.03. The van der Waals surface area contributed by atoms with E-state index in [0.29, 0.717) is 0 Å². The number of hydrogen-bond donors (Lipinski definition) is 2. The molecule has 0 saturated heterocycles. The molecule has 0 heterocycles. The van der Waals surface area contributed by atoms with Gasteiger partial charge in [0.05, 0.1) is 6.10 Å². The van der Waals surface area contributed by atoms with Gasteiger partial charge in [0.15, 0.2) is 0 Å². The number of nitrogens with two attached hydrogens (primary N) is 1. The fourth-order valence-electron chi connectivity index (χ4n) is 0.372. The molecular formula is C5H13NO. The Morgan fingerprint density at radius 1 is 1.71 bits per heavy atom. The van der Waals surface area contributed by atoms with Gasteiger partial charge in [-0.15, -0.1) is 0 Å². The highest BCUT2D eigenvalue weighted by molar-refractivity contribution is 4.62. The quantitative estimate of drug-likeness (QED) is 0.521. The lowest BCUT2D eigenvalue weighted by Crippen LogP contribution is -2.30. The van der Waals surface area contributed by atoms with Crippen molar-refractivity contribution in [2.75, 3.05) is 0 Å². The van der Waals surface area contributed by atoms with Crippen molar-refractivity contribution in [3.63, 3.8) is 0 Å². The van der Waals surface area contributed by atoms with Crippen molar-refractivity contribution in [2.45, 2.75) is 32.4 Å². The third kappa shape index (κ3) is 2.60. The van der Waals surface area contributed by atoms with Gasteiger partial charge in [0, 0.05) is 6.04 Å². The van der Waals surface area contributed by atoms with Crippen molar-refractivity contribution in [1.29, 1.82) is 0 Å². The fourth-order valence-corrected chi connectivity index (χ4v) is 0.372. The molecule has 0 aromatic heterocycles. The first kappa shape index (κ1) is 6.92. The van der Waals surface area contributed by atoms with Gasteiger partial charge in [0.2, 0.25) is 0 Å². The predicted molar refractivity (Wildman–Crippen MR) is 29.9 cm³/mol. The summed E-state index contributed by atoms with van der Waals surface area (Å²) >= 11 is 0. The second-order valence-electron chi connectivity index (χ2n) is 1.83. The van der Waals surface area contributed by atoms with E-state index in [1.54, 1.807) is 6.92 Å². The largest absolute Gasteiger partial charge is 0.392 e. The summed E-state index contributed by atoms with van der Waals surface area (Å²) in [5.74, 6) is 0. The van der Waals surface area contributed by atoms with E-state index in [2.05, 4.69) is 0 Å². The minimum absolute atomic E-state index is 0.0787. The fraction of sp³-hybridized carbons (Fsp3) is 1.00. The lowest BCUT2D eigenvalue weighted by atomic mass is 10.1. The van der Waals surface area contributed by atoms with Gasteiger partial charge in [-0.05, 0) is 13.3 Å². The molecule has 0 aliphatic carbocycles. The molecule has 44 valence electrons. The predicted octanol–water partition coefficient (Wildman–Crippen LogP) is 0.104. The Bertz CT molecular complexity index is 45.3. The average molecular weight is 103 g/mol. The van der Waals surface area contributed by atoms with Crippen molar-refractivity contribution >= 4 is 0 Å². The van der Waals surface area contributed by atoms with Crippen LogP contribution < -0.4 is 5.73 Å². The summed E-state index contributed by atoms with van der Waals surface area (Å²) in [6, 6.07) is -0.0787. The molecule has 0 fully saturated rings. The average Bonchev–Trinajstić information content (AvgIpc) is 1.65. The minimum atomic E-state index is -0.319. The molecule has 2 nitrogen and oxygen atoms in total. The molecule has 0 bridgehead atoms. The summed E-state index contributed by atoms with van der Waals surface area (Å²) in [6.45, 7) is 3.71. The maximum atomic E-state index is 8.81. The van der Waals surface area contributed by atoms with Gasteiger partial charge < -0.3 is 10.8 Å². The smallest absolute Gasteiger partial charge is 0.0685 e. The molecule has 0 aliphatic heterocycles. The van der Waals surface area contributed by atoms with Gasteiger partial charge in [-0.1, -0.05) is 6.92 Å². The Kier molecular flexibility index (Phi) is 2.96. The molecule has 2 atom stereocenters. The Morgan fingerprint density at radius 3 is 2.14 bits per heavy atom. The van der Waals surface area contributed by atoms with E-state index in [-0.39, 0.29) is 12.1 Å². The van der Waals surface area contributed by atoms with E-state index in [1.807, 2.05) is 6.92 Å². The standard InChI is InChI=1S/C5H13NO/c1-3-5(7)4(2)6/h4-5,7H,3,6H2,1-2H3/t4-,5-/m1/s1. The summed E-state index contributed by atoms with van der Waals surface area (Å²) in [6.07, 6.45) is 0.428. The van der Waals surface area contributed by atoms with Crippen LogP contribution in [0.5, 0.6) is 0 Å².